The summed E-state index contributed by atoms with van der Waals surface area (Å²) in [7, 11) is 0. The summed E-state index contributed by atoms with van der Waals surface area (Å²) in [5, 5.41) is 22.1. The molecule has 1 aromatic heterocycles. The highest BCUT2D eigenvalue weighted by molar-refractivity contribution is 5.77. The third kappa shape index (κ3) is 4.15. The van der Waals surface area contributed by atoms with E-state index in [0.29, 0.717) is 28.4 Å². The zero-order valence-corrected chi connectivity index (χ0v) is 13.9. The van der Waals surface area contributed by atoms with E-state index in [9.17, 15) is 9.90 Å². The SMILES string of the molecule is Cc1cc(C(C)(O)CNC(=O)COc2ccccc2C#N)c(C)o1. The summed E-state index contributed by atoms with van der Waals surface area (Å²) < 4.78 is 10.8. The maximum atomic E-state index is 11.9. The average Bonchev–Trinajstić information content (AvgIpc) is 2.90. The fraction of sp³-hybridized carbons (Fsp3) is 0.333. The molecule has 2 rings (SSSR count). The first-order chi connectivity index (χ1) is 11.3. The molecule has 6 heteroatoms. The molecule has 1 aromatic carbocycles. The third-order valence-corrected chi connectivity index (χ3v) is 3.62. The van der Waals surface area contributed by atoms with Crippen LogP contribution in [0.25, 0.3) is 0 Å². The molecule has 1 atom stereocenters. The minimum absolute atomic E-state index is 0.0227. The Morgan fingerprint density at radius 3 is 2.75 bits per heavy atom. The quantitative estimate of drug-likeness (QED) is 0.847. The number of furan rings is 1. The van der Waals surface area contributed by atoms with Crippen LogP contribution >= 0.6 is 0 Å². The lowest BCUT2D eigenvalue weighted by Gasteiger charge is -2.23. The van der Waals surface area contributed by atoms with Gasteiger partial charge in [0.15, 0.2) is 6.61 Å². The van der Waals surface area contributed by atoms with E-state index in [1.807, 2.05) is 6.07 Å². The normalized spacial score (nSPS) is 13.0. The van der Waals surface area contributed by atoms with E-state index < -0.39 is 5.60 Å². The molecule has 2 N–H and O–H groups in total. The predicted octanol–water partition coefficient (Wildman–Crippen LogP) is 2.17. The second-order valence-electron chi connectivity index (χ2n) is 5.77. The van der Waals surface area contributed by atoms with E-state index in [1.54, 1.807) is 51.1 Å². The molecular formula is C18H20N2O4. The molecule has 0 bridgehead atoms. The standard InChI is InChI=1S/C18H20N2O4/c1-12-8-15(13(2)24-12)18(3,22)11-20-17(21)10-23-16-7-5-4-6-14(16)9-19/h4-8,22H,10-11H2,1-3H3,(H,20,21). The van der Waals surface area contributed by atoms with Crippen molar-refractivity contribution in [3.63, 3.8) is 0 Å². The predicted molar refractivity (Wildman–Crippen MR) is 87.4 cm³/mol. The molecule has 1 heterocycles. The highest BCUT2D eigenvalue weighted by Gasteiger charge is 2.28. The molecule has 1 amide bonds. The number of nitriles is 1. The highest BCUT2D eigenvalue weighted by Crippen LogP contribution is 2.26. The van der Waals surface area contributed by atoms with Crippen LogP contribution in [-0.2, 0) is 10.4 Å². The number of nitrogens with zero attached hydrogens (tertiary/aromatic N) is 1. The van der Waals surface area contributed by atoms with Gasteiger partial charge in [-0.05, 0) is 39.0 Å². The number of carbonyl (C=O) groups is 1. The van der Waals surface area contributed by atoms with Crippen LogP contribution in [0.5, 0.6) is 5.75 Å². The first-order valence-corrected chi connectivity index (χ1v) is 7.52. The number of ether oxygens (including phenoxy) is 1. The van der Waals surface area contributed by atoms with Crippen LogP contribution in [0.3, 0.4) is 0 Å². The summed E-state index contributed by atoms with van der Waals surface area (Å²) in [4.78, 5) is 11.9. The van der Waals surface area contributed by atoms with Crippen molar-refractivity contribution in [3.8, 4) is 11.8 Å². The maximum Gasteiger partial charge on any atom is 0.258 e. The van der Waals surface area contributed by atoms with E-state index in [-0.39, 0.29) is 19.1 Å². The number of hydrogen-bond acceptors (Lipinski definition) is 5. The molecule has 0 saturated carbocycles. The molecular weight excluding hydrogens is 308 g/mol. The number of amides is 1. The summed E-state index contributed by atoms with van der Waals surface area (Å²) in [5.41, 5.74) is -0.250. The molecule has 0 aliphatic heterocycles. The van der Waals surface area contributed by atoms with Crippen LogP contribution in [0.15, 0.2) is 34.7 Å². The van der Waals surface area contributed by atoms with Gasteiger partial charge in [-0.3, -0.25) is 4.79 Å². The molecule has 2 aromatic rings. The Morgan fingerprint density at radius 1 is 1.42 bits per heavy atom. The zero-order valence-electron chi connectivity index (χ0n) is 13.9. The Morgan fingerprint density at radius 2 is 2.12 bits per heavy atom. The second kappa shape index (κ2) is 7.20. The minimum Gasteiger partial charge on any atom is -0.482 e. The maximum absolute atomic E-state index is 11.9. The van der Waals surface area contributed by atoms with Gasteiger partial charge in [-0.15, -0.1) is 0 Å². The van der Waals surface area contributed by atoms with E-state index in [0.717, 1.165) is 0 Å². The van der Waals surface area contributed by atoms with Gasteiger partial charge in [-0.25, -0.2) is 0 Å². The van der Waals surface area contributed by atoms with Gasteiger partial charge in [0.25, 0.3) is 5.91 Å². The number of aryl methyl sites for hydroxylation is 2. The fourth-order valence-corrected chi connectivity index (χ4v) is 2.41. The molecule has 0 spiro atoms. The average molecular weight is 328 g/mol. The lowest BCUT2D eigenvalue weighted by Crippen LogP contribution is -2.40. The van der Waals surface area contributed by atoms with Gasteiger partial charge in [0.1, 0.15) is 28.9 Å². The first kappa shape index (κ1) is 17.6. The zero-order chi connectivity index (χ0) is 17.7. The molecule has 6 nitrogen and oxygen atoms in total. The Labute approximate surface area is 140 Å². The van der Waals surface area contributed by atoms with Gasteiger partial charge in [0.2, 0.25) is 0 Å². The smallest absolute Gasteiger partial charge is 0.258 e. The number of benzene rings is 1. The summed E-state index contributed by atoms with van der Waals surface area (Å²) in [6, 6.07) is 10.4. The van der Waals surface area contributed by atoms with Gasteiger partial charge in [0, 0.05) is 5.56 Å². The van der Waals surface area contributed by atoms with Crippen molar-refractivity contribution in [1.82, 2.24) is 5.32 Å². The van der Waals surface area contributed by atoms with Crippen molar-refractivity contribution in [2.75, 3.05) is 13.2 Å². The van der Waals surface area contributed by atoms with Gasteiger partial charge in [0.05, 0.1) is 12.1 Å². The summed E-state index contributed by atoms with van der Waals surface area (Å²) in [6.45, 7) is 4.95. The van der Waals surface area contributed by atoms with Gasteiger partial charge in [-0.2, -0.15) is 5.26 Å². The van der Waals surface area contributed by atoms with E-state index in [1.165, 1.54) is 0 Å². The van der Waals surface area contributed by atoms with Gasteiger partial charge >= 0.3 is 0 Å². The van der Waals surface area contributed by atoms with Crippen molar-refractivity contribution in [2.45, 2.75) is 26.4 Å². The first-order valence-electron chi connectivity index (χ1n) is 7.52. The summed E-state index contributed by atoms with van der Waals surface area (Å²) >= 11 is 0. The molecule has 24 heavy (non-hydrogen) atoms. The van der Waals surface area contributed by atoms with Crippen LogP contribution < -0.4 is 10.1 Å². The van der Waals surface area contributed by atoms with Gasteiger partial charge < -0.3 is 19.6 Å². The van der Waals surface area contributed by atoms with Crippen molar-refractivity contribution in [1.29, 1.82) is 5.26 Å². The molecule has 126 valence electrons. The third-order valence-electron chi connectivity index (χ3n) is 3.62. The number of carbonyl (C=O) groups excluding carboxylic acids is 1. The lowest BCUT2D eigenvalue weighted by molar-refractivity contribution is -0.124. The van der Waals surface area contributed by atoms with Crippen molar-refractivity contribution >= 4 is 5.91 Å². The number of nitrogens with one attached hydrogen (secondary N) is 1. The van der Waals surface area contributed by atoms with Crippen LogP contribution in [0.1, 0.15) is 29.6 Å². The van der Waals surface area contributed by atoms with E-state index in [4.69, 9.17) is 14.4 Å². The molecule has 0 aliphatic carbocycles. The highest BCUT2D eigenvalue weighted by atomic mass is 16.5. The monoisotopic (exact) mass is 328 g/mol. The number of para-hydroxylation sites is 1. The Kier molecular flexibility index (Phi) is 5.27. The van der Waals surface area contributed by atoms with Crippen molar-refractivity contribution < 1.29 is 19.1 Å². The van der Waals surface area contributed by atoms with Crippen molar-refractivity contribution in [2.24, 2.45) is 0 Å². The fourth-order valence-electron chi connectivity index (χ4n) is 2.41. The Hall–Kier alpha value is -2.78. The van der Waals surface area contributed by atoms with Crippen LogP contribution in [0, 0.1) is 25.2 Å². The Bertz CT molecular complexity index is 772. The molecule has 0 radical (unpaired) electrons. The largest absolute Gasteiger partial charge is 0.482 e. The van der Waals surface area contributed by atoms with Crippen LogP contribution in [0.2, 0.25) is 0 Å². The lowest BCUT2D eigenvalue weighted by atomic mass is 9.96. The molecule has 0 aliphatic rings. The minimum atomic E-state index is -1.25. The summed E-state index contributed by atoms with van der Waals surface area (Å²) in [5.74, 6) is 1.28. The van der Waals surface area contributed by atoms with Crippen molar-refractivity contribution in [3.05, 3.63) is 53.0 Å². The van der Waals surface area contributed by atoms with E-state index >= 15 is 0 Å². The second-order valence-corrected chi connectivity index (χ2v) is 5.77. The molecule has 1 unspecified atom stereocenters. The molecule has 0 fully saturated rings. The Balaban J connectivity index is 1.91. The van der Waals surface area contributed by atoms with Crippen LogP contribution in [0.4, 0.5) is 0 Å². The van der Waals surface area contributed by atoms with Crippen LogP contribution in [-0.4, -0.2) is 24.2 Å². The van der Waals surface area contributed by atoms with Gasteiger partial charge in [-0.1, -0.05) is 12.1 Å². The summed E-state index contributed by atoms with van der Waals surface area (Å²) in [6.07, 6.45) is 0. The number of rotatable bonds is 6. The topological polar surface area (TPSA) is 95.5 Å². The number of aliphatic hydroxyl groups is 1. The van der Waals surface area contributed by atoms with E-state index in [2.05, 4.69) is 5.32 Å². The number of hydrogen-bond donors (Lipinski definition) is 2. The molecule has 0 saturated heterocycles.